The highest BCUT2D eigenvalue weighted by molar-refractivity contribution is 7.89. The number of nitrogen functional groups attached to an aromatic ring is 1. The number of sulfonamides is 2. The molecule has 2 aliphatic rings. The Bertz CT molecular complexity index is 1260. The molecule has 0 radical (unpaired) electrons. The fraction of sp³-hybridized carbons (Fsp3) is 0.200. The van der Waals surface area contributed by atoms with E-state index in [1.54, 1.807) is 30.4 Å². The van der Waals surface area contributed by atoms with E-state index in [-0.39, 0.29) is 15.5 Å². The molecule has 32 heavy (non-hydrogen) atoms. The fourth-order valence-corrected chi connectivity index (χ4v) is 5.82. The highest BCUT2D eigenvalue weighted by Crippen LogP contribution is 2.22. The van der Waals surface area contributed by atoms with E-state index < -0.39 is 25.0 Å². The van der Waals surface area contributed by atoms with Gasteiger partial charge in [0.2, 0.25) is 20.0 Å². The van der Waals surface area contributed by atoms with Gasteiger partial charge in [0, 0.05) is 44.0 Å². The van der Waals surface area contributed by atoms with Crippen molar-refractivity contribution in [3.63, 3.8) is 0 Å². The maximum absolute atomic E-state index is 12.1. The van der Waals surface area contributed by atoms with E-state index in [4.69, 9.17) is 5.73 Å². The molecule has 0 saturated carbocycles. The van der Waals surface area contributed by atoms with Crippen LogP contribution in [0, 0.1) is 10.1 Å². The summed E-state index contributed by atoms with van der Waals surface area (Å²) in [5.41, 5.74) is 5.79. The highest BCUT2D eigenvalue weighted by atomic mass is 32.2. The Hall–Kier alpha value is -3.06. The molecule has 0 spiro atoms. The smallest absolute Gasteiger partial charge is 0.270 e. The van der Waals surface area contributed by atoms with Crippen LogP contribution in [0.2, 0.25) is 0 Å². The maximum atomic E-state index is 12.1. The first-order chi connectivity index (χ1) is 15.1. The highest BCUT2D eigenvalue weighted by Gasteiger charge is 2.26. The molecule has 170 valence electrons. The van der Waals surface area contributed by atoms with Crippen LogP contribution < -0.4 is 5.73 Å². The number of nitro groups is 1. The van der Waals surface area contributed by atoms with Crippen LogP contribution in [-0.2, 0) is 20.0 Å². The average Bonchev–Trinajstić information content (AvgIpc) is 3.49. The largest absolute Gasteiger partial charge is 0.399 e. The molecule has 10 nitrogen and oxygen atoms in total. The van der Waals surface area contributed by atoms with Gasteiger partial charge in [-0.1, -0.05) is 36.4 Å². The zero-order chi connectivity index (χ0) is 23.4. The normalized spacial score (nSPS) is 16.6. The minimum atomic E-state index is -3.63. The molecule has 4 rings (SSSR count). The monoisotopic (exact) mass is 478 g/mol. The quantitative estimate of drug-likeness (QED) is 0.299. The van der Waals surface area contributed by atoms with Crippen molar-refractivity contribution in [2.45, 2.75) is 9.79 Å². The number of benzene rings is 2. The average molecular weight is 479 g/mol. The molecule has 0 unspecified atom stereocenters. The summed E-state index contributed by atoms with van der Waals surface area (Å²) in [6, 6.07) is 11.4. The van der Waals surface area contributed by atoms with Crippen molar-refractivity contribution in [2.75, 3.05) is 31.9 Å². The van der Waals surface area contributed by atoms with Gasteiger partial charge in [-0.3, -0.25) is 10.1 Å². The van der Waals surface area contributed by atoms with Gasteiger partial charge in [0.15, 0.2) is 0 Å². The second-order valence-electron chi connectivity index (χ2n) is 6.91. The second kappa shape index (κ2) is 9.61. The Kier molecular flexibility index (Phi) is 7.09. The van der Waals surface area contributed by atoms with Gasteiger partial charge in [-0.25, -0.2) is 16.8 Å². The lowest BCUT2D eigenvalue weighted by Crippen LogP contribution is -2.28. The minimum Gasteiger partial charge on any atom is -0.399 e. The van der Waals surface area contributed by atoms with E-state index in [9.17, 15) is 26.9 Å². The first-order valence-electron chi connectivity index (χ1n) is 9.52. The topological polar surface area (TPSA) is 144 Å². The number of nitro benzene ring substituents is 1. The van der Waals surface area contributed by atoms with E-state index in [1.165, 1.54) is 32.9 Å². The zero-order valence-corrected chi connectivity index (χ0v) is 18.6. The molecule has 2 aliphatic heterocycles. The van der Waals surface area contributed by atoms with Gasteiger partial charge in [0.25, 0.3) is 5.69 Å². The Labute approximate surface area is 186 Å². The number of anilines is 1. The van der Waals surface area contributed by atoms with Crippen LogP contribution in [0.4, 0.5) is 11.4 Å². The number of nitrogens with two attached hydrogens (primary N) is 1. The molecule has 0 saturated heterocycles. The lowest BCUT2D eigenvalue weighted by molar-refractivity contribution is -0.385. The second-order valence-corrected chi connectivity index (χ2v) is 10.8. The lowest BCUT2D eigenvalue weighted by atomic mass is 10.3. The van der Waals surface area contributed by atoms with Gasteiger partial charge in [-0.2, -0.15) is 8.61 Å². The van der Waals surface area contributed by atoms with Gasteiger partial charge < -0.3 is 5.73 Å². The molecule has 12 heteroatoms. The Morgan fingerprint density at radius 1 is 0.750 bits per heavy atom. The van der Waals surface area contributed by atoms with Crippen LogP contribution in [-0.4, -0.2) is 56.5 Å². The van der Waals surface area contributed by atoms with E-state index in [1.807, 2.05) is 12.2 Å². The van der Waals surface area contributed by atoms with Gasteiger partial charge in [0.05, 0.1) is 14.7 Å². The van der Waals surface area contributed by atoms with Crippen LogP contribution in [0.5, 0.6) is 0 Å². The van der Waals surface area contributed by atoms with Crippen molar-refractivity contribution in [1.29, 1.82) is 0 Å². The molecule has 2 heterocycles. The van der Waals surface area contributed by atoms with Gasteiger partial charge in [-0.05, 0) is 24.3 Å². The molecule has 2 aromatic carbocycles. The fourth-order valence-electron chi connectivity index (χ4n) is 3.04. The van der Waals surface area contributed by atoms with Gasteiger partial charge in [-0.15, -0.1) is 0 Å². The first-order valence-corrected chi connectivity index (χ1v) is 12.4. The van der Waals surface area contributed by atoms with Gasteiger partial charge in [0.1, 0.15) is 0 Å². The lowest BCUT2D eigenvalue weighted by Gasteiger charge is -2.15. The summed E-state index contributed by atoms with van der Waals surface area (Å²) in [5.74, 6) is 0. The number of nitrogens with zero attached hydrogens (tertiary/aromatic N) is 3. The number of rotatable bonds is 5. The summed E-state index contributed by atoms with van der Waals surface area (Å²) >= 11 is 0. The third-order valence-corrected chi connectivity index (χ3v) is 8.39. The standard InChI is InChI=1S/C10H10N2O4S.C10H12N2O2S/c13-12(14)9-4-3-5-10(8-9)17(15,16)11-6-1-2-7-11;11-9-4-3-5-10(8-9)15(13,14)12-6-1-2-7-12/h1-5,8H,6-7H2;1-5,8H,6-7,11H2. The van der Waals surface area contributed by atoms with E-state index in [0.717, 1.165) is 6.07 Å². The predicted molar refractivity (Wildman–Crippen MR) is 120 cm³/mol. The summed E-state index contributed by atoms with van der Waals surface area (Å²) in [6.45, 7) is 1.50. The summed E-state index contributed by atoms with van der Waals surface area (Å²) in [4.78, 5) is 10.2. The Balaban J connectivity index is 0.000000182. The Morgan fingerprint density at radius 3 is 1.62 bits per heavy atom. The van der Waals surface area contributed by atoms with Crippen LogP contribution in [0.15, 0.2) is 82.6 Å². The number of hydrogen-bond acceptors (Lipinski definition) is 7. The molecule has 0 fully saturated rings. The third kappa shape index (κ3) is 5.22. The van der Waals surface area contributed by atoms with Crippen LogP contribution in [0.3, 0.4) is 0 Å². The van der Waals surface area contributed by atoms with E-state index in [0.29, 0.717) is 31.9 Å². The molecule has 2 N–H and O–H groups in total. The number of hydrogen-bond donors (Lipinski definition) is 1. The molecule has 2 aromatic rings. The summed E-state index contributed by atoms with van der Waals surface area (Å²) in [7, 11) is -7.00. The zero-order valence-electron chi connectivity index (χ0n) is 16.9. The minimum absolute atomic E-state index is 0.0459. The maximum Gasteiger partial charge on any atom is 0.270 e. The van der Waals surface area contributed by atoms with Crippen molar-refractivity contribution < 1.29 is 21.8 Å². The molecule has 0 aliphatic carbocycles. The van der Waals surface area contributed by atoms with Crippen molar-refractivity contribution in [3.05, 3.63) is 82.9 Å². The van der Waals surface area contributed by atoms with Crippen molar-refractivity contribution >= 4 is 31.4 Å². The molecule has 0 amide bonds. The molecule has 0 bridgehead atoms. The van der Waals surface area contributed by atoms with Gasteiger partial charge >= 0.3 is 0 Å². The van der Waals surface area contributed by atoms with Crippen LogP contribution in [0.1, 0.15) is 0 Å². The summed E-state index contributed by atoms with van der Waals surface area (Å²) < 4.78 is 50.8. The Morgan fingerprint density at radius 2 is 1.19 bits per heavy atom. The molecule has 0 aromatic heterocycles. The van der Waals surface area contributed by atoms with Crippen molar-refractivity contribution in [2.24, 2.45) is 0 Å². The summed E-state index contributed by atoms with van der Waals surface area (Å²) in [5, 5.41) is 10.6. The third-order valence-electron chi connectivity index (χ3n) is 4.73. The van der Waals surface area contributed by atoms with E-state index >= 15 is 0 Å². The van der Waals surface area contributed by atoms with Crippen LogP contribution in [0.25, 0.3) is 0 Å². The van der Waals surface area contributed by atoms with Crippen molar-refractivity contribution in [1.82, 2.24) is 8.61 Å². The predicted octanol–water partition coefficient (Wildman–Crippen LogP) is 1.98. The van der Waals surface area contributed by atoms with E-state index in [2.05, 4.69) is 0 Å². The number of non-ortho nitro benzene ring substituents is 1. The SMILES string of the molecule is Nc1cccc(S(=O)(=O)N2CC=CC2)c1.O=[N+]([O-])c1cccc(S(=O)(=O)N2CC=CC2)c1. The molecular formula is C20H22N4O6S2. The van der Waals surface area contributed by atoms with Crippen molar-refractivity contribution in [3.8, 4) is 0 Å². The summed E-state index contributed by atoms with van der Waals surface area (Å²) in [6.07, 6.45) is 7.16. The van der Waals surface area contributed by atoms with Crippen LogP contribution >= 0.6 is 0 Å². The first kappa shape index (κ1) is 23.6. The molecule has 0 atom stereocenters. The molecular weight excluding hydrogens is 456 g/mol.